The van der Waals surface area contributed by atoms with Crippen molar-refractivity contribution in [3.63, 3.8) is 0 Å². The molecule has 0 aromatic carbocycles. The van der Waals surface area contributed by atoms with Gasteiger partial charge in [-0.2, -0.15) is 9.97 Å². The van der Waals surface area contributed by atoms with Gasteiger partial charge in [-0.25, -0.2) is 4.79 Å². The highest BCUT2D eigenvalue weighted by atomic mass is 16.6. The maximum atomic E-state index is 12.4. The van der Waals surface area contributed by atoms with Gasteiger partial charge in [0.1, 0.15) is 0 Å². The number of carbonyl (C=O) groups excluding carboxylic acids is 1. The molecule has 2 aromatic heterocycles. The quantitative estimate of drug-likeness (QED) is 0.693. The van der Waals surface area contributed by atoms with Gasteiger partial charge in [0, 0.05) is 18.6 Å². The zero-order valence-corrected chi connectivity index (χ0v) is 16.3. The molecule has 2 saturated carbocycles. The van der Waals surface area contributed by atoms with Crippen LogP contribution in [0.15, 0.2) is 16.7 Å². The fourth-order valence-electron chi connectivity index (χ4n) is 3.07. The lowest BCUT2D eigenvalue weighted by atomic mass is 10.1. The molecule has 2 fully saturated rings. The van der Waals surface area contributed by atoms with Crippen LogP contribution in [0, 0.1) is 12.8 Å². The Kier molecular flexibility index (Phi) is 5.45. The van der Waals surface area contributed by atoms with E-state index in [0.29, 0.717) is 42.5 Å². The first-order valence-electron chi connectivity index (χ1n) is 10.0. The van der Waals surface area contributed by atoms with Gasteiger partial charge in [0.2, 0.25) is 17.7 Å². The Labute approximate surface area is 164 Å². The van der Waals surface area contributed by atoms with E-state index in [9.17, 15) is 4.79 Å². The second-order valence-electron chi connectivity index (χ2n) is 7.62. The Bertz CT molecular complexity index is 829. The first-order chi connectivity index (χ1) is 13.6. The fourth-order valence-corrected chi connectivity index (χ4v) is 3.07. The number of nitrogens with zero attached hydrogens (tertiary/aromatic N) is 3. The summed E-state index contributed by atoms with van der Waals surface area (Å²) in [6.45, 7) is 4.42. The van der Waals surface area contributed by atoms with E-state index >= 15 is 0 Å². The van der Waals surface area contributed by atoms with E-state index in [1.165, 1.54) is 12.8 Å². The molecule has 28 heavy (non-hydrogen) atoms. The fraction of sp³-hybridized carbons (Fsp3) is 0.600. The Morgan fingerprint density at radius 1 is 1.29 bits per heavy atom. The minimum atomic E-state index is -0.597. The molecular weight excluding hydrogens is 360 g/mol. The van der Waals surface area contributed by atoms with Gasteiger partial charge in [0.15, 0.2) is 5.82 Å². The van der Waals surface area contributed by atoms with E-state index in [-0.39, 0.29) is 11.9 Å². The summed E-state index contributed by atoms with van der Waals surface area (Å²) >= 11 is 0. The van der Waals surface area contributed by atoms with Gasteiger partial charge >= 0.3 is 6.09 Å². The zero-order valence-electron chi connectivity index (χ0n) is 16.3. The SMILES string of the molecule is CCCC(NC(=O)Oc1ccc(C2CC2)c(OCC2CC2)n1)c1noc(C)n1. The van der Waals surface area contributed by atoms with E-state index in [4.69, 9.17) is 14.0 Å². The molecule has 150 valence electrons. The summed E-state index contributed by atoms with van der Waals surface area (Å²) in [6.07, 6.45) is 5.68. The molecule has 0 aliphatic heterocycles. The van der Waals surface area contributed by atoms with Crippen molar-refractivity contribution in [2.45, 2.75) is 64.3 Å². The minimum absolute atomic E-state index is 0.229. The average Bonchev–Trinajstić information content (AvgIpc) is 3.59. The maximum absolute atomic E-state index is 12.4. The van der Waals surface area contributed by atoms with Crippen LogP contribution in [0.3, 0.4) is 0 Å². The lowest BCUT2D eigenvalue weighted by molar-refractivity contribution is 0.191. The van der Waals surface area contributed by atoms with Crippen LogP contribution in [0.2, 0.25) is 0 Å². The summed E-state index contributed by atoms with van der Waals surface area (Å²) in [7, 11) is 0. The van der Waals surface area contributed by atoms with Crippen molar-refractivity contribution in [3.05, 3.63) is 29.4 Å². The topological polar surface area (TPSA) is 99.4 Å². The van der Waals surface area contributed by atoms with E-state index in [0.717, 1.165) is 24.8 Å². The number of pyridine rings is 1. The number of carbonyl (C=O) groups is 1. The molecule has 1 atom stereocenters. The lowest BCUT2D eigenvalue weighted by Gasteiger charge is -2.15. The van der Waals surface area contributed by atoms with Crippen LogP contribution in [0.5, 0.6) is 11.8 Å². The van der Waals surface area contributed by atoms with Crippen LogP contribution in [-0.4, -0.2) is 27.8 Å². The Balaban J connectivity index is 1.41. The molecule has 1 unspecified atom stereocenters. The zero-order chi connectivity index (χ0) is 19.5. The van der Waals surface area contributed by atoms with Crippen molar-refractivity contribution in [2.75, 3.05) is 6.61 Å². The number of amides is 1. The Morgan fingerprint density at radius 3 is 2.75 bits per heavy atom. The average molecular weight is 386 g/mol. The van der Waals surface area contributed by atoms with Gasteiger partial charge in [-0.3, -0.25) is 0 Å². The largest absolute Gasteiger partial charge is 0.477 e. The summed E-state index contributed by atoms with van der Waals surface area (Å²) in [4.78, 5) is 21.0. The summed E-state index contributed by atoms with van der Waals surface area (Å²) in [5.41, 5.74) is 1.11. The first-order valence-corrected chi connectivity index (χ1v) is 10.0. The normalized spacial score (nSPS) is 17.2. The van der Waals surface area contributed by atoms with Crippen molar-refractivity contribution >= 4 is 6.09 Å². The predicted octanol–water partition coefficient (Wildman–Crippen LogP) is 4.07. The van der Waals surface area contributed by atoms with Gasteiger partial charge in [-0.1, -0.05) is 18.5 Å². The Hall–Kier alpha value is -2.64. The Morgan fingerprint density at radius 2 is 2.11 bits per heavy atom. The molecule has 8 heteroatoms. The molecule has 0 radical (unpaired) electrons. The third kappa shape index (κ3) is 4.79. The molecule has 0 bridgehead atoms. The highest BCUT2D eigenvalue weighted by Crippen LogP contribution is 2.44. The molecule has 2 aliphatic carbocycles. The van der Waals surface area contributed by atoms with Crippen molar-refractivity contribution in [1.29, 1.82) is 0 Å². The van der Waals surface area contributed by atoms with Crippen LogP contribution >= 0.6 is 0 Å². The lowest BCUT2D eigenvalue weighted by Crippen LogP contribution is -2.32. The molecule has 8 nitrogen and oxygen atoms in total. The van der Waals surface area contributed by atoms with Gasteiger partial charge in [0.25, 0.3) is 0 Å². The van der Waals surface area contributed by atoms with E-state index in [1.807, 2.05) is 13.0 Å². The molecule has 1 amide bonds. The van der Waals surface area contributed by atoms with Gasteiger partial charge < -0.3 is 19.3 Å². The molecule has 2 aromatic rings. The van der Waals surface area contributed by atoms with Crippen molar-refractivity contribution in [1.82, 2.24) is 20.4 Å². The maximum Gasteiger partial charge on any atom is 0.414 e. The molecule has 4 rings (SSSR count). The number of ether oxygens (including phenoxy) is 2. The number of nitrogens with one attached hydrogen (secondary N) is 1. The van der Waals surface area contributed by atoms with Crippen LogP contribution < -0.4 is 14.8 Å². The molecule has 1 N–H and O–H groups in total. The smallest absolute Gasteiger partial charge is 0.414 e. The van der Waals surface area contributed by atoms with Crippen LogP contribution in [0.1, 0.15) is 74.7 Å². The highest BCUT2D eigenvalue weighted by molar-refractivity contribution is 5.70. The molecule has 2 aliphatic rings. The number of hydrogen-bond donors (Lipinski definition) is 1. The standard InChI is InChI=1S/C20H26N4O4/c1-3-4-16(18-21-12(2)28-24-18)22-20(25)27-17-10-9-15(14-7-8-14)19(23-17)26-11-13-5-6-13/h9-10,13-14,16H,3-8,11H2,1-2H3,(H,22,25). The number of aryl methyl sites for hydroxylation is 1. The van der Waals surface area contributed by atoms with E-state index < -0.39 is 6.09 Å². The number of rotatable bonds is 9. The summed E-state index contributed by atoms with van der Waals surface area (Å²) < 4.78 is 16.3. The molecule has 0 spiro atoms. The van der Waals surface area contributed by atoms with E-state index in [1.54, 1.807) is 13.0 Å². The minimum Gasteiger partial charge on any atom is -0.477 e. The summed E-state index contributed by atoms with van der Waals surface area (Å²) in [5, 5.41) is 6.70. The van der Waals surface area contributed by atoms with Gasteiger partial charge in [-0.05, 0) is 50.0 Å². The molecule has 0 saturated heterocycles. The van der Waals surface area contributed by atoms with Crippen molar-refractivity contribution in [3.8, 4) is 11.8 Å². The second kappa shape index (κ2) is 8.16. The van der Waals surface area contributed by atoms with Gasteiger partial charge in [0.05, 0.1) is 12.6 Å². The van der Waals surface area contributed by atoms with Crippen molar-refractivity contribution < 1.29 is 18.8 Å². The second-order valence-corrected chi connectivity index (χ2v) is 7.62. The first kappa shape index (κ1) is 18.7. The van der Waals surface area contributed by atoms with E-state index in [2.05, 4.69) is 20.4 Å². The number of aromatic nitrogens is 3. The molecule has 2 heterocycles. The third-order valence-electron chi connectivity index (χ3n) is 4.96. The van der Waals surface area contributed by atoms with Crippen LogP contribution in [-0.2, 0) is 0 Å². The van der Waals surface area contributed by atoms with Gasteiger partial charge in [-0.15, -0.1) is 0 Å². The summed E-state index contributed by atoms with van der Waals surface area (Å²) in [5.74, 6) is 2.88. The highest BCUT2D eigenvalue weighted by Gasteiger charge is 2.30. The third-order valence-corrected chi connectivity index (χ3v) is 4.96. The number of hydrogen-bond acceptors (Lipinski definition) is 7. The van der Waals surface area contributed by atoms with Crippen LogP contribution in [0.25, 0.3) is 0 Å². The summed E-state index contributed by atoms with van der Waals surface area (Å²) in [6, 6.07) is 3.32. The van der Waals surface area contributed by atoms with Crippen molar-refractivity contribution in [2.24, 2.45) is 5.92 Å². The monoisotopic (exact) mass is 386 g/mol. The molecular formula is C20H26N4O4. The van der Waals surface area contributed by atoms with Crippen LogP contribution in [0.4, 0.5) is 4.79 Å². The predicted molar refractivity (Wildman–Crippen MR) is 100 cm³/mol.